The molecule has 0 radical (unpaired) electrons. The summed E-state index contributed by atoms with van der Waals surface area (Å²) in [4.78, 5) is 39.9. The molecular weight excluding hydrogens is 546 g/mol. The topological polar surface area (TPSA) is 100 Å². The van der Waals surface area contributed by atoms with Crippen LogP contribution in [-0.4, -0.2) is 60.5 Å². The van der Waals surface area contributed by atoms with E-state index in [1.54, 1.807) is 6.07 Å². The molecule has 0 unspecified atom stereocenters. The zero-order valence-electron chi connectivity index (χ0n) is 21.0. The van der Waals surface area contributed by atoms with E-state index < -0.39 is 71.9 Å². The van der Waals surface area contributed by atoms with Crippen LogP contribution in [0.2, 0.25) is 0 Å². The average Bonchev–Trinajstić information content (AvgIpc) is 2.84. The largest absolute Gasteiger partial charge is 0.463 e. The van der Waals surface area contributed by atoms with Crippen molar-refractivity contribution in [2.24, 2.45) is 4.99 Å². The molecule has 3 rings (SSSR count). The number of halogens is 4. The van der Waals surface area contributed by atoms with Gasteiger partial charge in [-0.15, -0.1) is 0 Å². The number of nitrogens with zero attached hydrogens (tertiary/aromatic N) is 1. The first-order valence-corrected chi connectivity index (χ1v) is 12.5. The van der Waals surface area contributed by atoms with Gasteiger partial charge in [-0.25, -0.2) is 4.39 Å². The summed E-state index contributed by atoms with van der Waals surface area (Å²) in [5.74, 6) is -2.89. The molecule has 1 fully saturated rings. The fourth-order valence-corrected chi connectivity index (χ4v) is 4.99. The summed E-state index contributed by atoms with van der Waals surface area (Å²) >= 11 is 0.828. The monoisotopic (exact) mass is 571 g/mol. The number of carbonyl (C=O) groups is 3. The standard InChI is InChI=1S/C26H25F4NO7S/c1-14(32)35-13-20-23(36-15(2)33)24(37-16(3)34)22(25(38-20)39-21-11-7-6-10-19(21)27)31-12-17-8-4-5-9-18(17)26(28,29)30/h4-12,20,22-25H,13H2,1-3H3/t20-,22-,23-,24-,25-/m1/s1. The van der Waals surface area contributed by atoms with Crippen LogP contribution in [0, 0.1) is 5.82 Å². The highest BCUT2D eigenvalue weighted by atomic mass is 32.2. The van der Waals surface area contributed by atoms with Crippen molar-refractivity contribution in [2.75, 3.05) is 6.61 Å². The van der Waals surface area contributed by atoms with Crippen LogP contribution in [0.5, 0.6) is 0 Å². The van der Waals surface area contributed by atoms with Crippen molar-refractivity contribution >= 4 is 35.9 Å². The van der Waals surface area contributed by atoms with Crippen LogP contribution < -0.4 is 0 Å². The van der Waals surface area contributed by atoms with Crippen LogP contribution >= 0.6 is 11.8 Å². The highest BCUT2D eigenvalue weighted by Crippen LogP contribution is 2.39. The van der Waals surface area contributed by atoms with Gasteiger partial charge >= 0.3 is 24.1 Å². The third-order valence-corrected chi connectivity index (χ3v) is 6.61. The zero-order valence-corrected chi connectivity index (χ0v) is 21.8. The van der Waals surface area contributed by atoms with E-state index in [0.29, 0.717) is 0 Å². The number of rotatable bonds is 8. The van der Waals surface area contributed by atoms with Crippen molar-refractivity contribution < 1.29 is 50.9 Å². The van der Waals surface area contributed by atoms with Gasteiger partial charge in [-0.2, -0.15) is 13.2 Å². The molecular formula is C26H25F4NO7S. The van der Waals surface area contributed by atoms with Crippen LogP contribution in [0.4, 0.5) is 17.6 Å². The molecule has 0 aromatic heterocycles. The molecule has 8 nitrogen and oxygen atoms in total. The third-order valence-electron chi connectivity index (χ3n) is 5.40. The molecule has 1 heterocycles. The van der Waals surface area contributed by atoms with E-state index in [-0.39, 0.29) is 10.5 Å². The number of hydrogen-bond acceptors (Lipinski definition) is 9. The van der Waals surface area contributed by atoms with Crippen molar-refractivity contribution in [1.82, 2.24) is 0 Å². The molecule has 2 aromatic rings. The van der Waals surface area contributed by atoms with Gasteiger partial charge in [0.25, 0.3) is 0 Å². The van der Waals surface area contributed by atoms with Gasteiger partial charge in [-0.3, -0.25) is 19.4 Å². The van der Waals surface area contributed by atoms with Crippen molar-refractivity contribution in [1.29, 1.82) is 0 Å². The summed E-state index contributed by atoms with van der Waals surface area (Å²) in [6.07, 6.45) is -7.67. The Kier molecular flexibility index (Phi) is 10.1. The highest BCUT2D eigenvalue weighted by molar-refractivity contribution is 7.99. The predicted octanol–water partition coefficient (Wildman–Crippen LogP) is 4.58. The number of carbonyl (C=O) groups excluding carboxylic acids is 3. The molecule has 0 N–H and O–H groups in total. The number of thioether (sulfide) groups is 1. The van der Waals surface area contributed by atoms with Gasteiger partial charge in [-0.1, -0.05) is 42.1 Å². The lowest BCUT2D eigenvalue weighted by Gasteiger charge is -2.43. The third kappa shape index (κ3) is 8.27. The maximum atomic E-state index is 14.5. The van der Waals surface area contributed by atoms with Crippen molar-refractivity contribution in [3.05, 3.63) is 65.5 Å². The van der Waals surface area contributed by atoms with Gasteiger partial charge < -0.3 is 18.9 Å². The van der Waals surface area contributed by atoms with Crippen LogP contribution in [0.15, 0.2) is 58.4 Å². The van der Waals surface area contributed by atoms with E-state index >= 15 is 0 Å². The summed E-state index contributed by atoms with van der Waals surface area (Å²) in [6.45, 7) is 2.89. The van der Waals surface area contributed by atoms with Gasteiger partial charge in [0.1, 0.15) is 30.0 Å². The van der Waals surface area contributed by atoms with Gasteiger partial charge in [0.15, 0.2) is 12.2 Å². The molecule has 0 aliphatic carbocycles. The fraction of sp³-hybridized carbons (Fsp3) is 0.385. The maximum Gasteiger partial charge on any atom is 0.417 e. The molecule has 1 saturated heterocycles. The van der Waals surface area contributed by atoms with Crippen molar-refractivity contribution in [3.8, 4) is 0 Å². The Morgan fingerprint density at radius 3 is 2.18 bits per heavy atom. The molecule has 1 aliphatic heterocycles. The minimum absolute atomic E-state index is 0.108. The fourth-order valence-electron chi connectivity index (χ4n) is 3.84. The van der Waals surface area contributed by atoms with Gasteiger partial charge in [0.2, 0.25) is 0 Å². The van der Waals surface area contributed by atoms with E-state index in [1.165, 1.54) is 36.4 Å². The Morgan fingerprint density at radius 2 is 1.56 bits per heavy atom. The van der Waals surface area contributed by atoms with Crippen LogP contribution in [-0.2, 0) is 39.5 Å². The second-order valence-electron chi connectivity index (χ2n) is 8.40. The quantitative estimate of drug-likeness (QED) is 0.197. The SMILES string of the molecule is CC(=O)OC[C@H]1O[C@H](Sc2ccccc2F)[C@H](N=Cc2ccccc2C(F)(F)F)[C@@H](OC(C)=O)[C@@H]1OC(C)=O. The second-order valence-corrected chi connectivity index (χ2v) is 9.54. The van der Waals surface area contributed by atoms with Crippen molar-refractivity contribution in [3.63, 3.8) is 0 Å². The molecule has 39 heavy (non-hydrogen) atoms. The van der Waals surface area contributed by atoms with E-state index in [2.05, 4.69) is 4.99 Å². The molecule has 2 aromatic carbocycles. The Morgan fingerprint density at radius 1 is 0.949 bits per heavy atom. The summed E-state index contributed by atoms with van der Waals surface area (Å²) in [5.41, 5.74) is -2.42. The Labute approximate surface area is 225 Å². The van der Waals surface area contributed by atoms with Crippen LogP contribution in [0.25, 0.3) is 0 Å². The molecule has 0 bridgehead atoms. The first-order chi connectivity index (χ1) is 18.4. The minimum Gasteiger partial charge on any atom is -0.463 e. The van der Waals surface area contributed by atoms with Crippen LogP contribution in [0.3, 0.4) is 0 Å². The lowest BCUT2D eigenvalue weighted by Crippen LogP contribution is -2.60. The second kappa shape index (κ2) is 13.1. The molecule has 5 atom stereocenters. The summed E-state index contributed by atoms with van der Waals surface area (Å²) in [5, 5.41) is 0. The van der Waals surface area contributed by atoms with E-state index in [4.69, 9.17) is 18.9 Å². The van der Waals surface area contributed by atoms with E-state index in [0.717, 1.165) is 44.8 Å². The lowest BCUT2D eigenvalue weighted by molar-refractivity contribution is -0.208. The van der Waals surface area contributed by atoms with Gasteiger partial charge in [0.05, 0.1) is 5.56 Å². The van der Waals surface area contributed by atoms with E-state index in [9.17, 15) is 31.9 Å². The first-order valence-electron chi connectivity index (χ1n) is 11.6. The Hall–Kier alpha value is -3.45. The average molecular weight is 572 g/mol. The number of hydrogen-bond donors (Lipinski definition) is 0. The maximum absolute atomic E-state index is 14.5. The van der Waals surface area contributed by atoms with E-state index in [1.807, 2.05) is 0 Å². The van der Waals surface area contributed by atoms with Gasteiger partial charge in [0, 0.05) is 37.4 Å². The number of alkyl halides is 3. The summed E-state index contributed by atoms with van der Waals surface area (Å²) in [6, 6.07) is 9.08. The number of esters is 3. The lowest BCUT2D eigenvalue weighted by atomic mass is 9.97. The molecule has 0 spiro atoms. The number of ether oxygens (including phenoxy) is 4. The molecule has 0 saturated carbocycles. The number of benzene rings is 2. The Balaban J connectivity index is 2.11. The van der Waals surface area contributed by atoms with Crippen LogP contribution in [0.1, 0.15) is 31.9 Å². The molecule has 0 amide bonds. The minimum atomic E-state index is -4.68. The predicted molar refractivity (Wildman–Crippen MR) is 131 cm³/mol. The molecule has 1 aliphatic rings. The molecule has 210 valence electrons. The highest BCUT2D eigenvalue weighted by Gasteiger charge is 2.51. The Bertz CT molecular complexity index is 1220. The smallest absolute Gasteiger partial charge is 0.417 e. The summed E-state index contributed by atoms with van der Waals surface area (Å²) < 4.78 is 77.2. The van der Waals surface area contributed by atoms with Crippen molar-refractivity contribution in [2.45, 2.75) is 61.6 Å². The molecule has 13 heteroatoms. The first kappa shape index (κ1) is 30.1. The zero-order chi connectivity index (χ0) is 28.7. The normalized spacial score (nSPS) is 23.3. The van der Waals surface area contributed by atoms with Gasteiger partial charge in [-0.05, 0) is 18.2 Å². The summed E-state index contributed by atoms with van der Waals surface area (Å²) in [7, 11) is 0. The number of aliphatic imine (C=N–C) groups is 1.